The highest BCUT2D eigenvalue weighted by atomic mass is 32.3. The summed E-state index contributed by atoms with van der Waals surface area (Å²) in [5.74, 6) is -0.265. The summed E-state index contributed by atoms with van der Waals surface area (Å²) in [5, 5.41) is 3.31. The minimum absolute atomic E-state index is 0.0317. The summed E-state index contributed by atoms with van der Waals surface area (Å²) < 4.78 is 37.0. The molecule has 1 rings (SSSR count). The molecule has 0 fully saturated rings. The second kappa shape index (κ2) is 4.89. The van der Waals surface area contributed by atoms with Gasteiger partial charge in [0.05, 0.1) is 6.54 Å². The SMILES string of the molecule is Cc1c(N)cc(OS(=O)(=O)F)cc1CN=[N+]=[N-]. The molecule has 0 aliphatic heterocycles. The van der Waals surface area contributed by atoms with Gasteiger partial charge in [-0.2, -0.15) is 8.42 Å². The van der Waals surface area contributed by atoms with E-state index in [0.29, 0.717) is 11.1 Å². The van der Waals surface area contributed by atoms with E-state index in [1.54, 1.807) is 6.92 Å². The molecule has 1 aromatic rings. The van der Waals surface area contributed by atoms with Gasteiger partial charge < -0.3 is 9.92 Å². The molecule has 0 unspecified atom stereocenters. The number of nitrogens with two attached hydrogens (primary N) is 1. The number of halogens is 1. The topological polar surface area (TPSA) is 118 Å². The first-order valence-corrected chi connectivity index (χ1v) is 5.68. The Bertz CT molecular complexity index is 581. The molecular weight excluding hydrogens is 251 g/mol. The Morgan fingerprint density at radius 3 is 2.76 bits per heavy atom. The smallest absolute Gasteiger partial charge is 0.398 e. The molecule has 7 nitrogen and oxygen atoms in total. The fourth-order valence-corrected chi connectivity index (χ4v) is 1.53. The Hall–Kier alpha value is -1.99. The molecular formula is C8H9FN4O3S. The second-order valence-corrected chi connectivity index (χ2v) is 4.11. The monoisotopic (exact) mass is 260 g/mol. The summed E-state index contributed by atoms with van der Waals surface area (Å²) in [7, 11) is -5.10. The molecule has 9 heteroatoms. The summed E-state index contributed by atoms with van der Waals surface area (Å²) in [4.78, 5) is 2.56. The predicted molar refractivity (Wildman–Crippen MR) is 59.1 cm³/mol. The quantitative estimate of drug-likeness (QED) is 0.292. The molecule has 1 aromatic carbocycles. The molecule has 0 atom stereocenters. The van der Waals surface area contributed by atoms with Crippen LogP contribution in [0.15, 0.2) is 17.2 Å². The number of azide groups is 1. The first kappa shape index (κ1) is 13.1. The van der Waals surface area contributed by atoms with Gasteiger partial charge in [0.2, 0.25) is 0 Å². The lowest BCUT2D eigenvalue weighted by molar-refractivity contribution is 0.440. The van der Waals surface area contributed by atoms with E-state index in [2.05, 4.69) is 14.2 Å². The third-order valence-electron chi connectivity index (χ3n) is 2.03. The van der Waals surface area contributed by atoms with E-state index >= 15 is 0 Å². The van der Waals surface area contributed by atoms with Crippen LogP contribution in [-0.4, -0.2) is 8.42 Å². The number of nitrogen functional groups attached to an aromatic ring is 1. The molecule has 0 aliphatic rings. The van der Waals surface area contributed by atoms with Crippen molar-refractivity contribution in [1.29, 1.82) is 0 Å². The van der Waals surface area contributed by atoms with Crippen molar-refractivity contribution >= 4 is 16.2 Å². The minimum Gasteiger partial charge on any atom is -0.398 e. The van der Waals surface area contributed by atoms with Crippen LogP contribution in [-0.2, 0) is 17.0 Å². The van der Waals surface area contributed by atoms with Crippen molar-refractivity contribution in [2.24, 2.45) is 5.11 Å². The van der Waals surface area contributed by atoms with Crippen molar-refractivity contribution in [1.82, 2.24) is 0 Å². The first-order valence-electron chi connectivity index (χ1n) is 4.37. The van der Waals surface area contributed by atoms with Gasteiger partial charge in [-0.3, -0.25) is 0 Å². The first-order chi connectivity index (χ1) is 7.83. The molecule has 2 N–H and O–H groups in total. The number of hydrogen-bond donors (Lipinski definition) is 1. The van der Waals surface area contributed by atoms with Crippen molar-refractivity contribution in [2.45, 2.75) is 13.5 Å². The van der Waals surface area contributed by atoms with E-state index in [1.165, 1.54) is 12.1 Å². The van der Waals surface area contributed by atoms with Crippen molar-refractivity contribution in [3.63, 3.8) is 0 Å². The molecule has 0 heterocycles. The van der Waals surface area contributed by atoms with Gasteiger partial charge in [-0.15, -0.1) is 0 Å². The standard InChI is InChI=1S/C8H9FN4O3S/c1-5-6(4-12-13-11)2-7(3-8(5)10)16-17(9,14)15/h2-3H,4,10H2,1H3. The van der Waals surface area contributed by atoms with Crippen LogP contribution in [0.5, 0.6) is 5.75 Å². The Kier molecular flexibility index (Phi) is 3.77. The lowest BCUT2D eigenvalue weighted by Gasteiger charge is -2.09. The van der Waals surface area contributed by atoms with Crippen LogP contribution >= 0.6 is 0 Å². The van der Waals surface area contributed by atoms with Gasteiger partial charge in [0.25, 0.3) is 0 Å². The van der Waals surface area contributed by atoms with Crippen LogP contribution in [0.1, 0.15) is 11.1 Å². The van der Waals surface area contributed by atoms with Crippen LogP contribution < -0.4 is 9.92 Å². The second-order valence-electron chi connectivity index (χ2n) is 3.16. The van der Waals surface area contributed by atoms with E-state index in [-0.39, 0.29) is 18.0 Å². The van der Waals surface area contributed by atoms with Crippen molar-refractivity contribution in [3.05, 3.63) is 33.7 Å². The fraction of sp³-hybridized carbons (Fsp3) is 0.250. The molecule has 0 bridgehead atoms. The lowest BCUT2D eigenvalue weighted by atomic mass is 10.1. The van der Waals surface area contributed by atoms with Crippen molar-refractivity contribution < 1.29 is 16.5 Å². The minimum atomic E-state index is -5.10. The van der Waals surface area contributed by atoms with E-state index in [9.17, 15) is 12.3 Å². The number of hydrogen-bond acceptors (Lipinski definition) is 5. The van der Waals surface area contributed by atoms with Gasteiger partial charge in [0.15, 0.2) is 0 Å². The molecule has 0 saturated carbocycles. The zero-order chi connectivity index (χ0) is 13.1. The van der Waals surface area contributed by atoms with Crippen LogP contribution in [0.3, 0.4) is 0 Å². The third kappa shape index (κ3) is 3.82. The maximum atomic E-state index is 12.3. The summed E-state index contributed by atoms with van der Waals surface area (Å²) in [6, 6.07) is 2.42. The molecule has 0 amide bonds. The maximum Gasteiger partial charge on any atom is 0.488 e. The Balaban J connectivity index is 3.18. The van der Waals surface area contributed by atoms with Gasteiger partial charge in [-0.1, -0.05) is 9.00 Å². The average Bonchev–Trinajstić information content (AvgIpc) is 2.18. The predicted octanol–water partition coefficient (Wildman–Crippen LogP) is 1.98. The normalized spacial score (nSPS) is 10.7. The lowest BCUT2D eigenvalue weighted by Crippen LogP contribution is -2.03. The van der Waals surface area contributed by atoms with Gasteiger partial charge >= 0.3 is 10.5 Å². The molecule has 92 valence electrons. The van der Waals surface area contributed by atoms with E-state index in [4.69, 9.17) is 11.3 Å². The summed E-state index contributed by atoms with van der Waals surface area (Å²) in [5.41, 5.74) is 15.1. The van der Waals surface area contributed by atoms with Crippen LogP contribution in [0.4, 0.5) is 9.57 Å². The summed E-state index contributed by atoms with van der Waals surface area (Å²) in [6.07, 6.45) is 0. The van der Waals surface area contributed by atoms with E-state index in [1.807, 2.05) is 0 Å². The Morgan fingerprint density at radius 1 is 1.59 bits per heavy atom. The van der Waals surface area contributed by atoms with E-state index < -0.39 is 10.5 Å². The molecule has 0 spiro atoms. The summed E-state index contributed by atoms with van der Waals surface area (Å²) >= 11 is 0. The third-order valence-corrected chi connectivity index (χ3v) is 2.42. The molecule has 0 aromatic heterocycles. The fourth-order valence-electron chi connectivity index (χ4n) is 1.20. The zero-order valence-corrected chi connectivity index (χ0v) is 9.61. The van der Waals surface area contributed by atoms with Crippen molar-refractivity contribution in [3.8, 4) is 5.75 Å². The van der Waals surface area contributed by atoms with Crippen LogP contribution in [0.2, 0.25) is 0 Å². The number of nitrogens with zero attached hydrogens (tertiary/aromatic N) is 3. The zero-order valence-electron chi connectivity index (χ0n) is 8.79. The van der Waals surface area contributed by atoms with Crippen LogP contribution in [0.25, 0.3) is 10.4 Å². The van der Waals surface area contributed by atoms with Gasteiger partial charge in [-0.25, -0.2) is 0 Å². The van der Waals surface area contributed by atoms with Gasteiger partial charge in [0, 0.05) is 16.7 Å². The van der Waals surface area contributed by atoms with Gasteiger partial charge in [0.1, 0.15) is 5.75 Å². The molecule has 0 saturated heterocycles. The Morgan fingerprint density at radius 2 is 2.24 bits per heavy atom. The highest BCUT2D eigenvalue weighted by molar-refractivity contribution is 7.81. The largest absolute Gasteiger partial charge is 0.488 e. The van der Waals surface area contributed by atoms with Crippen molar-refractivity contribution in [2.75, 3.05) is 5.73 Å². The number of anilines is 1. The highest BCUT2D eigenvalue weighted by Crippen LogP contribution is 2.26. The van der Waals surface area contributed by atoms with Gasteiger partial charge in [-0.05, 0) is 29.6 Å². The van der Waals surface area contributed by atoms with Crippen LogP contribution in [0, 0.1) is 6.92 Å². The Labute approximate surface area is 97.0 Å². The average molecular weight is 260 g/mol. The maximum absolute atomic E-state index is 12.3. The number of rotatable bonds is 4. The number of benzene rings is 1. The summed E-state index contributed by atoms with van der Waals surface area (Å²) in [6.45, 7) is 1.63. The highest BCUT2D eigenvalue weighted by Gasteiger charge is 2.12. The molecule has 17 heavy (non-hydrogen) atoms. The molecule has 0 aliphatic carbocycles. The molecule has 0 radical (unpaired) electrons. The van der Waals surface area contributed by atoms with E-state index in [0.717, 1.165) is 0 Å².